The van der Waals surface area contributed by atoms with Gasteiger partial charge in [0.05, 0.1) is 4.08 Å². The van der Waals surface area contributed by atoms with Crippen LogP contribution in [0.25, 0.3) is 0 Å². The first-order valence-electron chi connectivity index (χ1n) is 9.17. The maximum Gasteiger partial charge on any atom is 0.146 e. The van der Waals surface area contributed by atoms with Crippen LogP contribution in [0, 0.1) is 0 Å². The maximum absolute atomic E-state index is 5.31. The number of thioether (sulfide) groups is 2. The van der Waals surface area contributed by atoms with E-state index in [0.717, 1.165) is 6.61 Å². The lowest BCUT2D eigenvalue weighted by atomic mass is 10.0. The molecule has 1 fully saturated rings. The third-order valence-corrected chi connectivity index (χ3v) is 7.79. The van der Waals surface area contributed by atoms with E-state index in [9.17, 15) is 0 Å². The molecule has 0 aromatic rings. The van der Waals surface area contributed by atoms with Crippen LogP contribution in [0.3, 0.4) is 0 Å². The van der Waals surface area contributed by atoms with Gasteiger partial charge in [0, 0.05) is 13.7 Å². The second-order valence-corrected chi connectivity index (χ2v) is 9.47. The summed E-state index contributed by atoms with van der Waals surface area (Å²) in [5, 5.41) is 0. The van der Waals surface area contributed by atoms with E-state index in [-0.39, 0.29) is 0 Å². The zero-order valence-electron chi connectivity index (χ0n) is 14.7. The summed E-state index contributed by atoms with van der Waals surface area (Å²) in [5.41, 5.74) is 0. The quantitative estimate of drug-likeness (QED) is 0.279. The predicted octanol–water partition coefficient (Wildman–Crippen LogP) is 6.09. The molecule has 0 aromatic carbocycles. The summed E-state index contributed by atoms with van der Waals surface area (Å²) in [6.45, 7) is 3.61. The molecular weight excluding hydrogens is 312 g/mol. The summed E-state index contributed by atoms with van der Waals surface area (Å²) in [4.78, 5) is 0. The summed E-state index contributed by atoms with van der Waals surface area (Å²) in [5.74, 6) is 2.77. The summed E-state index contributed by atoms with van der Waals surface area (Å²) >= 11 is 4.53. The van der Waals surface area contributed by atoms with Crippen LogP contribution < -0.4 is 0 Å². The number of rotatable bonds is 14. The monoisotopic (exact) mass is 348 g/mol. The molecule has 0 spiro atoms. The molecule has 4 heteroatoms. The van der Waals surface area contributed by atoms with Gasteiger partial charge >= 0.3 is 0 Å². The SMILES string of the molecule is CCCCC1(CCCCCCCCOCOC)SCCCS1. The molecule has 0 unspecified atom stereocenters. The maximum atomic E-state index is 5.31. The van der Waals surface area contributed by atoms with Gasteiger partial charge in [-0.25, -0.2) is 0 Å². The molecule has 0 atom stereocenters. The van der Waals surface area contributed by atoms with Gasteiger partial charge in [0.15, 0.2) is 0 Å². The predicted molar refractivity (Wildman–Crippen MR) is 102 cm³/mol. The molecule has 0 radical (unpaired) electrons. The lowest BCUT2D eigenvalue weighted by Crippen LogP contribution is -2.25. The summed E-state index contributed by atoms with van der Waals surface area (Å²) in [7, 11) is 1.68. The van der Waals surface area contributed by atoms with Gasteiger partial charge in [-0.2, -0.15) is 0 Å². The van der Waals surface area contributed by atoms with Crippen molar-refractivity contribution >= 4 is 23.5 Å². The fourth-order valence-corrected chi connectivity index (χ4v) is 6.42. The van der Waals surface area contributed by atoms with Gasteiger partial charge in [-0.05, 0) is 37.2 Å². The van der Waals surface area contributed by atoms with Gasteiger partial charge in [-0.1, -0.05) is 51.9 Å². The van der Waals surface area contributed by atoms with Crippen LogP contribution in [-0.4, -0.2) is 36.1 Å². The molecule has 2 nitrogen and oxygen atoms in total. The van der Waals surface area contributed by atoms with Crippen molar-refractivity contribution in [3.05, 3.63) is 0 Å². The lowest BCUT2D eigenvalue weighted by Gasteiger charge is -2.36. The minimum absolute atomic E-state index is 0.440. The van der Waals surface area contributed by atoms with E-state index < -0.39 is 0 Å². The molecule has 0 N–H and O–H groups in total. The smallest absolute Gasteiger partial charge is 0.146 e. The highest BCUT2D eigenvalue weighted by atomic mass is 32.2. The first-order chi connectivity index (χ1) is 10.8. The number of hydrogen-bond acceptors (Lipinski definition) is 4. The van der Waals surface area contributed by atoms with E-state index >= 15 is 0 Å². The Labute approximate surface area is 146 Å². The molecule has 0 saturated carbocycles. The fourth-order valence-electron chi connectivity index (χ4n) is 2.92. The molecule has 1 aliphatic rings. The first kappa shape index (κ1) is 20.7. The summed E-state index contributed by atoms with van der Waals surface area (Å²) in [6.07, 6.45) is 15.1. The molecule has 132 valence electrons. The zero-order chi connectivity index (χ0) is 15.9. The van der Waals surface area contributed by atoms with Crippen LogP contribution in [0.15, 0.2) is 0 Å². The molecule has 1 saturated heterocycles. The number of unbranched alkanes of at least 4 members (excludes halogenated alkanes) is 6. The van der Waals surface area contributed by atoms with Crippen molar-refractivity contribution in [2.75, 3.05) is 32.0 Å². The molecule has 0 amide bonds. The van der Waals surface area contributed by atoms with Crippen LogP contribution >= 0.6 is 23.5 Å². The van der Waals surface area contributed by atoms with Crippen LogP contribution in [-0.2, 0) is 9.47 Å². The number of ether oxygens (including phenoxy) is 2. The molecule has 1 rings (SSSR count). The highest BCUT2D eigenvalue weighted by molar-refractivity contribution is 8.18. The van der Waals surface area contributed by atoms with Crippen LogP contribution in [0.2, 0.25) is 0 Å². The Morgan fingerprint density at radius 1 is 0.864 bits per heavy atom. The van der Waals surface area contributed by atoms with Gasteiger partial charge < -0.3 is 9.47 Å². The lowest BCUT2D eigenvalue weighted by molar-refractivity contribution is -0.0315. The van der Waals surface area contributed by atoms with Gasteiger partial charge in [-0.15, -0.1) is 23.5 Å². The largest absolute Gasteiger partial charge is 0.359 e. The van der Waals surface area contributed by atoms with Crippen molar-refractivity contribution in [3.8, 4) is 0 Å². The van der Waals surface area contributed by atoms with Crippen molar-refractivity contribution in [2.24, 2.45) is 0 Å². The molecule has 0 aromatic heterocycles. The van der Waals surface area contributed by atoms with Gasteiger partial charge in [-0.3, -0.25) is 0 Å². The van der Waals surface area contributed by atoms with Crippen molar-refractivity contribution in [2.45, 2.75) is 81.6 Å². The van der Waals surface area contributed by atoms with E-state index in [1.807, 2.05) is 0 Å². The van der Waals surface area contributed by atoms with Crippen molar-refractivity contribution in [3.63, 3.8) is 0 Å². The molecule has 1 aliphatic heterocycles. The van der Waals surface area contributed by atoms with Gasteiger partial charge in [0.2, 0.25) is 0 Å². The average Bonchev–Trinajstić information content (AvgIpc) is 2.56. The van der Waals surface area contributed by atoms with Crippen molar-refractivity contribution in [1.29, 1.82) is 0 Å². The van der Waals surface area contributed by atoms with E-state index in [1.54, 1.807) is 7.11 Å². The standard InChI is InChI=1S/C18H36O2S2/c1-3-4-12-18(21-15-11-16-22-18)13-9-7-5-6-8-10-14-20-17-19-2/h3-17H2,1-2H3. The normalized spacial score (nSPS) is 17.7. The third-order valence-electron chi connectivity index (χ3n) is 4.23. The Hall–Kier alpha value is 0.620. The zero-order valence-corrected chi connectivity index (χ0v) is 16.4. The van der Waals surface area contributed by atoms with Crippen LogP contribution in [0.1, 0.15) is 77.6 Å². The van der Waals surface area contributed by atoms with Gasteiger partial charge in [0.25, 0.3) is 0 Å². The highest BCUT2D eigenvalue weighted by Gasteiger charge is 2.32. The summed E-state index contributed by atoms with van der Waals surface area (Å²) < 4.78 is 10.8. The molecule has 0 bridgehead atoms. The van der Waals surface area contributed by atoms with E-state index in [0.29, 0.717) is 10.9 Å². The Kier molecular flexibility index (Phi) is 13.2. The minimum Gasteiger partial charge on any atom is -0.359 e. The Balaban J connectivity index is 2.01. The Morgan fingerprint density at radius 2 is 1.50 bits per heavy atom. The van der Waals surface area contributed by atoms with E-state index in [4.69, 9.17) is 9.47 Å². The van der Waals surface area contributed by atoms with Gasteiger partial charge in [0.1, 0.15) is 6.79 Å². The second-order valence-electron chi connectivity index (χ2n) is 6.25. The van der Waals surface area contributed by atoms with Crippen LogP contribution in [0.5, 0.6) is 0 Å². The van der Waals surface area contributed by atoms with Crippen LogP contribution in [0.4, 0.5) is 0 Å². The minimum atomic E-state index is 0.440. The second kappa shape index (κ2) is 14.0. The molecule has 1 heterocycles. The number of methoxy groups -OCH3 is 1. The van der Waals surface area contributed by atoms with Crippen molar-refractivity contribution < 1.29 is 9.47 Å². The molecule has 0 aliphatic carbocycles. The Morgan fingerprint density at radius 3 is 2.18 bits per heavy atom. The molecule has 22 heavy (non-hydrogen) atoms. The van der Waals surface area contributed by atoms with E-state index in [1.165, 1.54) is 82.1 Å². The Bertz CT molecular complexity index is 243. The average molecular weight is 349 g/mol. The topological polar surface area (TPSA) is 18.5 Å². The summed E-state index contributed by atoms with van der Waals surface area (Å²) in [6, 6.07) is 0. The molecular formula is C18H36O2S2. The third kappa shape index (κ3) is 9.69. The highest BCUT2D eigenvalue weighted by Crippen LogP contribution is 2.49. The van der Waals surface area contributed by atoms with E-state index in [2.05, 4.69) is 30.4 Å². The first-order valence-corrected chi connectivity index (χ1v) is 11.1. The fraction of sp³-hybridized carbons (Fsp3) is 1.00. The number of hydrogen-bond donors (Lipinski definition) is 0. The van der Waals surface area contributed by atoms with Crippen molar-refractivity contribution in [1.82, 2.24) is 0 Å².